The van der Waals surface area contributed by atoms with E-state index in [-0.39, 0.29) is 0 Å². The monoisotopic (exact) mass is 302 g/mol. The van der Waals surface area contributed by atoms with Gasteiger partial charge in [-0.05, 0) is 42.5 Å². The number of nitrogens with zero attached hydrogens (tertiary/aromatic N) is 3. The zero-order valence-corrected chi connectivity index (χ0v) is 12.8. The van der Waals surface area contributed by atoms with E-state index in [0.29, 0.717) is 18.7 Å². The maximum atomic E-state index is 8.92. The van der Waals surface area contributed by atoms with Crippen LogP contribution in [-0.4, -0.2) is 17.7 Å². The largest absolute Gasteiger partial charge is 0.362 e. The Labute approximate surface area is 136 Å². The SMILES string of the molecule is N#Cc1ccc(N(C/C=C/C=C\C=N)Cc2ccccn2)cc1. The maximum Gasteiger partial charge on any atom is 0.0991 e. The van der Waals surface area contributed by atoms with Crippen molar-refractivity contribution in [2.45, 2.75) is 6.54 Å². The number of aromatic nitrogens is 1. The lowest BCUT2D eigenvalue weighted by molar-refractivity contribution is 0.839. The molecule has 23 heavy (non-hydrogen) atoms. The molecule has 4 nitrogen and oxygen atoms in total. The fraction of sp³-hybridized carbons (Fsp3) is 0.105. The number of nitrogens with one attached hydrogen (secondary N) is 1. The lowest BCUT2D eigenvalue weighted by atomic mass is 10.2. The van der Waals surface area contributed by atoms with Gasteiger partial charge in [-0.15, -0.1) is 0 Å². The summed E-state index contributed by atoms with van der Waals surface area (Å²) in [4.78, 5) is 6.55. The third kappa shape index (κ3) is 5.25. The molecule has 0 atom stereocenters. The molecular formula is C19H18N4. The molecule has 4 heteroatoms. The Balaban J connectivity index is 2.15. The van der Waals surface area contributed by atoms with Crippen LogP contribution in [-0.2, 0) is 6.54 Å². The number of benzene rings is 1. The van der Waals surface area contributed by atoms with Gasteiger partial charge < -0.3 is 10.3 Å². The van der Waals surface area contributed by atoms with Gasteiger partial charge in [-0.2, -0.15) is 5.26 Å². The van der Waals surface area contributed by atoms with Crippen molar-refractivity contribution >= 4 is 11.9 Å². The van der Waals surface area contributed by atoms with Gasteiger partial charge in [0.15, 0.2) is 0 Å². The first-order valence-electron chi connectivity index (χ1n) is 7.31. The molecule has 0 saturated carbocycles. The summed E-state index contributed by atoms with van der Waals surface area (Å²) in [6.45, 7) is 1.40. The van der Waals surface area contributed by atoms with Crippen LogP contribution >= 0.6 is 0 Å². The molecule has 0 bridgehead atoms. The van der Waals surface area contributed by atoms with Crippen molar-refractivity contribution in [3.05, 3.63) is 84.2 Å². The summed E-state index contributed by atoms with van der Waals surface area (Å²) >= 11 is 0. The van der Waals surface area contributed by atoms with Crippen LogP contribution in [0.15, 0.2) is 73.0 Å². The van der Waals surface area contributed by atoms with Gasteiger partial charge in [0, 0.05) is 24.6 Å². The van der Waals surface area contributed by atoms with Crippen molar-refractivity contribution in [2.24, 2.45) is 0 Å². The average Bonchev–Trinajstić information content (AvgIpc) is 2.61. The first-order chi connectivity index (χ1) is 11.3. The van der Waals surface area contributed by atoms with Gasteiger partial charge in [-0.25, -0.2) is 0 Å². The summed E-state index contributed by atoms with van der Waals surface area (Å²) < 4.78 is 0. The highest BCUT2D eigenvalue weighted by molar-refractivity contribution is 5.68. The van der Waals surface area contributed by atoms with E-state index in [1.54, 1.807) is 12.3 Å². The van der Waals surface area contributed by atoms with Gasteiger partial charge in [0.25, 0.3) is 0 Å². The molecule has 1 heterocycles. The van der Waals surface area contributed by atoms with E-state index in [9.17, 15) is 0 Å². The first-order valence-corrected chi connectivity index (χ1v) is 7.31. The highest BCUT2D eigenvalue weighted by Gasteiger charge is 2.06. The average molecular weight is 302 g/mol. The van der Waals surface area contributed by atoms with Gasteiger partial charge in [0.1, 0.15) is 0 Å². The summed E-state index contributed by atoms with van der Waals surface area (Å²) in [5.74, 6) is 0. The number of allylic oxidation sites excluding steroid dienone is 3. The van der Waals surface area contributed by atoms with Crippen LogP contribution in [0.1, 0.15) is 11.3 Å². The van der Waals surface area contributed by atoms with Crippen LogP contribution in [0.4, 0.5) is 5.69 Å². The van der Waals surface area contributed by atoms with E-state index in [4.69, 9.17) is 10.7 Å². The van der Waals surface area contributed by atoms with E-state index in [2.05, 4.69) is 16.0 Å². The summed E-state index contributed by atoms with van der Waals surface area (Å²) in [5, 5.41) is 15.9. The molecule has 0 aliphatic heterocycles. The van der Waals surface area contributed by atoms with E-state index in [1.165, 1.54) is 6.21 Å². The van der Waals surface area contributed by atoms with Crippen molar-refractivity contribution in [1.29, 1.82) is 10.7 Å². The van der Waals surface area contributed by atoms with Gasteiger partial charge in [0.2, 0.25) is 0 Å². The smallest absolute Gasteiger partial charge is 0.0991 e. The van der Waals surface area contributed by atoms with E-state index >= 15 is 0 Å². The van der Waals surface area contributed by atoms with Crippen molar-refractivity contribution in [1.82, 2.24) is 4.98 Å². The molecule has 0 spiro atoms. The van der Waals surface area contributed by atoms with Gasteiger partial charge in [-0.3, -0.25) is 4.98 Å². The number of hydrogen-bond acceptors (Lipinski definition) is 4. The van der Waals surface area contributed by atoms with Gasteiger partial charge in [-0.1, -0.05) is 24.3 Å². The first kappa shape index (κ1) is 16.2. The molecule has 2 rings (SSSR count). The Kier molecular flexibility index (Phi) is 6.30. The predicted molar refractivity (Wildman–Crippen MR) is 93.5 cm³/mol. The summed E-state index contributed by atoms with van der Waals surface area (Å²) in [6, 6.07) is 15.5. The Morgan fingerprint density at radius 1 is 1.09 bits per heavy atom. The quantitative estimate of drug-likeness (QED) is 0.626. The normalized spacial score (nSPS) is 10.7. The minimum absolute atomic E-state index is 0.649. The molecule has 0 fully saturated rings. The Hall–Kier alpha value is -3.19. The van der Waals surface area contributed by atoms with E-state index in [1.807, 2.05) is 60.7 Å². The van der Waals surface area contributed by atoms with E-state index in [0.717, 1.165) is 11.4 Å². The highest BCUT2D eigenvalue weighted by Crippen LogP contribution is 2.17. The molecule has 114 valence electrons. The minimum atomic E-state index is 0.649. The molecule has 0 amide bonds. The lowest BCUT2D eigenvalue weighted by Crippen LogP contribution is -2.23. The molecule has 1 N–H and O–H groups in total. The fourth-order valence-electron chi connectivity index (χ4n) is 2.08. The summed E-state index contributed by atoms with van der Waals surface area (Å²) in [7, 11) is 0. The molecule has 2 aromatic rings. The van der Waals surface area contributed by atoms with Gasteiger partial charge in [0.05, 0.1) is 23.9 Å². The van der Waals surface area contributed by atoms with Gasteiger partial charge >= 0.3 is 0 Å². The van der Waals surface area contributed by atoms with Crippen LogP contribution < -0.4 is 4.90 Å². The zero-order chi connectivity index (χ0) is 16.3. The zero-order valence-electron chi connectivity index (χ0n) is 12.8. The third-order valence-electron chi connectivity index (χ3n) is 3.22. The number of pyridine rings is 1. The second-order valence-electron chi connectivity index (χ2n) is 4.84. The molecule has 0 aliphatic rings. The minimum Gasteiger partial charge on any atom is -0.362 e. The molecule has 0 aliphatic carbocycles. The Morgan fingerprint density at radius 2 is 1.91 bits per heavy atom. The number of nitriles is 1. The van der Waals surface area contributed by atoms with Crippen LogP contribution in [0, 0.1) is 16.7 Å². The van der Waals surface area contributed by atoms with Crippen molar-refractivity contribution in [3.63, 3.8) is 0 Å². The maximum absolute atomic E-state index is 8.92. The molecule has 0 saturated heterocycles. The topological polar surface area (TPSA) is 63.8 Å². The predicted octanol–water partition coefficient (Wildman–Crippen LogP) is 3.72. The van der Waals surface area contributed by atoms with Crippen LogP contribution in [0.5, 0.6) is 0 Å². The van der Waals surface area contributed by atoms with Crippen molar-refractivity contribution in [3.8, 4) is 6.07 Å². The standard InChI is InChI=1S/C19H18N4/c20-12-4-1-2-6-14-23(16-18-7-3-5-13-22-18)19-10-8-17(15-21)9-11-19/h1-13,20H,14,16H2/b4-1-,6-2+,20-12?. The number of anilines is 1. The molecule has 0 radical (unpaired) electrons. The molecule has 0 unspecified atom stereocenters. The number of hydrogen-bond donors (Lipinski definition) is 1. The van der Waals surface area contributed by atoms with Crippen LogP contribution in [0.3, 0.4) is 0 Å². The van der Waals surface area contributed by atoms with E-state index < -0.39 is 0 Å². The van der Waals surface area contributed by atoms with Crippen molar-refractivity contribution in [2.75, 3.05) is 11.4 Å². The summed E-state index contributed by atoms with van der Waals surface area (Å²) in [5.41, 5.74) is 2.67. The summed E-state index contributed by atoms with van der Waals surface area (Å²) in [6.07, 6.45) is 10.5. The Morgan fingerprint density at radius 3 is 2.57 bits per heavy atom. The fourth-order valence-corrected chi connectivity index (χ4v) is 2.08. The third-order valence-corrected chi connectivity index (χ3v) is 3.22. The second-order valence-corrected chi connectivity index (χ2v) is 4.84. The molecular weight excluding hydrogens is 284 g/mol. The highest BCUT2D eigenvalue weighted by atomic mass is 15.1. The molecule has 1 aromatic heterocycles. The van der Waals surface area contributed by atoms with Crippen molar-refractivity contribution < 1.29 is 0 Å². The lowest BCUT2D eigenvalue weighted by Gasteiger charge is -2.23. The molecule has 1 aromatic carbocycles. The van der Waals surface area contributed by atoms with Crippen LogP contribution in [0.25, 0.3) is 0 Å². The number of rotatable bonds is 7. The Bertz CT molecular complexity index is 709. The second kappa shape index (κ2) is 8.96. The van der Waals surface area contributed by atoms with Crippen LogP contribution in [0.2, 0.25) is 0 Å².